The van der Waals surface area contributed by atoms with Crippen LogP contribution in [0.4, 0.5) is 0 Å². The third-order valence-corrected chi connectivity index (χ3v) is 3.16. The zero-order valence-corrected chi connectivity index (χ0v) is 9.32. The summed E-state index contributed by atoms with van der Waals surface area (Å²) in [6.45, 7) is 2.09. The molecule has 2 nitrogen and oxygen atoms in total. The smallest absolute Gasteiger partial charge is 0.0746 e. The van der Waals surface area contributed by atoms with Crippen molar-refractivity contribution in [2.75, 3.05) is 6.54 Å². The van der Waals surface area contributed by atoms with Crippen LogP contribution in [0.5, 0.6) is 0 Å². The van der Waals surface area contributed by atoms with Crippen LogP contribution in [-0.4, -0.2) is 11.5 Å². The van der Waals surface area contributed by atoms with Crippen LogP contribution in [0.2, 0.25) is 0 Å². The molecule has 1 saturated carbocycles. The fraction of sp³-hybridized carbons (Fsp3) is 0.357. The van der Waals surface area contributed by atoms with Gasteiger partial charge in [0.1, 0.15) is 0 Å². The molecule has 1 N–H and O–H groups in total. The van der Waals surface area contributed by atoms with Gasteiger partial charge in [-0.3, -0.25) is 4.98 Å². The summed E-state index contributed by atoms with van der Waals surface area (Å²) in [6.07, 6.45) is 4.67. The van der Waals surface area contributed by atoms with Gasteiger partial charge in [-0.05, 0) is 36.9 Å². The molecule has 82 valence electrons. The number of fused-ring (bicyclic) bond motifs is 1. The highest BCUT2D eigenvalue weighted by atomic mass is 14.9. The lowest BCUT2D eigenvalue weighted by molar-refractivity contribution is 0.640. The van der Waals surface area contributed by atoms with Crippen molar-refractivity contribution in [3.8, 4) is 0 Å². The number of nitrogens with zero attached hydrogens (tertiary/aromatic N) is 1. The minimum absolute atomic E-state index is 0.933. The highest BCUT2D eigenvalue weighted by Gasteiger charge is 2.20. The fourth-order valence-electron chi connectivity index (χ4n) is 2.04. The molecule has 1 aliphatic rings. The minimum Gasteiger partial charge on any atom is -0.312 e. The van der Waals surface area contributed by atoms with Crippen molar-refractivity contribution in [1.29, 1.82) is 0 Å². The second-order valence-corrected chi connectivity index (χ2v) is 4.57. The van der Waals surface area contributed by atoms with E-state index in [9.17, 15) is 0 Å². The van der Waals surface area contributed by atoms with Crippen molar-refractivity contribution in [3.05, 3.63) is 42.1 Å². The van der Waals surface area contributed by atoms with E-state index in [1.807, 2.05) is 12.3 Å². The van der Waals surface area contributed by atoms with E-state index in [4.69, 9.17) is 0 Å². The van der Waals surface area contributed by atoms with Crippen LogP contribution >= 0.6 is 0 Å². The van der Waals surface area contributed by atoms with E-state index in [2.05, 4.69) is 34.6 Å². The molecule has 0 radical (unpaired) electrons. The van der Waals surface area contributed by atoms with Crippen LogP contribution in [0.15, 0.2) is 36.5 Å². The van der Waals surface area contributed by atoms with Crippen molar-refractivity contribution < 1.29 is 0 Å². The Kier molecular flexibility index (Phi) is 2.58. The zero-order valence-electron chi connectivity index (χ0n) is 9.32. The van der Waals surface area contributed by atoms with Crippen LogP contribution in [-0.2, 0) is 6.54 Å². The summed E-state index contributed by atoms with van der Waals surface area (Å²) in [5.74, 6) is 0.933. The first kappa shape index (κ1) is 9.79. The lowest BCUT2D eigenvalue weighted by Crippen LogP contribution is -2.16. The maximum atomic E-state index is 4.45. The molecule has 2 aromatic rings. The maximum Gasteiger partial charge on any atom is 0.0746 e. The van der Waals surface area contributed by atoms with Gasteiger partial charge in [0.15, 0.2) is 0 Å². The van der Waals surface area contributed by atoms with E-state index in [0.717, 1.165) is 24.5 Å². The lowest BCUT2D eigenvalue weighted by atomic mass is 10.1. The lowest BCUT2D eigenvalue weighted by Gasteiger charge is -2.06. The Bertz CT molecular complexity index is 484. The summed E-state index contributed by atoms with van der Waals surface area (Å²) in [5, 5.41) is 4.75. The van der Waals surface area contributed by atoms with Gasteiger partial charge >= 0.3 is 0 Å². The number of rotatable bonds is 4. The summed E-state index contributed by atoms with van der Waals surface area (Å²) < 4.78 is 0. The first-order chi connectivity index (χ1) is 7.93. The molecule has 0 bridgehead atoms. The summed E-state index contributed by atoms with van der Waals surface area (Å²) in [4.78, 5) is 4.45. The predicted octanol–water partition coefficient (Wildman–Crippen LogP) is 2.73. The molecule has 0 spiro atoms. The van der Waals surface area contributed by atoms with Gasteiger partial charge in [-0.25, -0.2) is 0 Å². The third kappa shape index (κ3) is 2.07. The molecule has 0 aliphatic heterocycles. The van der Waals surface area contributed by atoms with Crippen LogP contribution in [0.3, 0.4) is 0 Å². The molecule has 0 unspecified atom stereocenters. The number of para-hydroxylation sites is 1. The molecule has 1 aliphatic carbocycles. The van der Waals surface area contributed by atoms with Gasteiger partial charge in [-0.1, -0.05) is 24.3 Å². The van der Waals surface area contributed by atoms with E-state index < -0.39 is 0 Å². The molecular formula is C14H16N2. The standard InChI is InChI=1S/C14H16N2/c1-3-12-5-2-8-16-14(12)13(4-1)10-15-9-11-6-7-11/h1-5,8,11,15H,6-7,9-10H2. The van der Waals surface area contributed by atoms with E-state index in [0.29, 0.717) is 0 Å². The van der Waals surface area contributed by atoms with Crippen LogP contribution < -0.4 is 5.32 Å². The van der Waals surface area contributed by atoms with Gasteiger partial charge in [-0.2, -0.15) is 0 Å². The van der Waals surface area contributed by atoms with Crippen LogP contribution in [0.25, 0.3) is 10.9 Å². The largest absolute Gasteiger partial charge is 0.312 e. The molecule has 1 heterocycles. The topological polar surface area (TPSA) is 24.9 Å². The Morgan fingerprint density at radius 3 is 2.94 bits per heavy atom. The second-order valence-electron chi connectivity index (χ2n) is 4.57. The summed E-state index contributed by atoms with van der Waals surface area (Å²) >= 11 is 0. The molecule has 1 aromatic carbocycles. The number of benzene rings is 1. The molecular weight excluding hydrogens is 196 g/mol. The average Bonchev–Trinajstić information content (AvgIpc) is 3.13. The summed E-state index contributed by atoms with van der Waals surface area (Å²) in [7, 11) is 0. The monoisotopic (exact) mass is 212 g/mol. The number of pyridine rings is 1. The maximum absolute atomic E-state index is 4.45. The molecule has 0 atom stereocenters. The molecule has 0 amide bonds. The SMILES string of the molecule is c1cnc2c(CNCC3CC3)cccc2c1. The second kappa shape index (κ2) is 4.22. The van der Waals surface area contributed by atoms with Gasteiger partial charge in [-0.15, -0.1) is 0 Å². The van der Waals surface area contributed by atoms with Crippen molar-refractivity contribution in [2.24, 2.45) is 5.92 Å². The number of aromatic nitrogens is 1. The average molecular weight is 212 g/mol. The summed E-state index contributed by atoms with van der Waals surface area (Å²) in [5.41, 5.74) is 2.44. The third-order valence-electron chi connectivity index (χ3n) is 3.16. The van der Waals surface area contributed by atoms with Gasteiger partial charge in [0, 0.05) is 18.1 Å². The van der Waals surface area contributed by atoms with Crippen molar-refractivity contribution in [1.82, 2.24) is 10.3 Å². The fourth-order valence-corrected chi connectivity index (χ4v) is 2.04. The van der Waals surface area contributed by atoms with Crippen LogP contribution in [0.1, 0.15) is 18.4 Å². The number of hydrogen-bond acceptors (Lipinski definition) is 2. The Hall–Kier alpha value is -1.41. The molecule has 2 heteroatoms. The Labute approximate surface area is 95.7 Å². The van der Waals surface area contributed by atoms with Gasteiger partial charge < -0.3 is 5.32 Å². The highest BCUT2D eigenvalue weighted by molar-refractivity contribution is 5.81. The Morgan fingerprint density at radius 1 is 1.19 bits per heavy atom. The molecule has 16 heavy (non-hydrogen) atoms. The van der Waals surface area contributed by atoms with Crippen LogP contribution in [0, 0.1) is 5.92 Å². The first-order valence-electron chi connectivity index (χ1n) is 5.97. The first-order valence-corrected chi connectivity index (χ1v) is 5.97. The zero-order chi connectivity index (χ0) is 10.8. The predicted molar refractivity (Wildman–Crippen MR) is 66.2 cm³/mol. The Balaban J connectivity index is 1.79. The molecule has 1 fully saturated rings. The van der Waals surface area contributed by atoms with Crippen molar-refractivity contribution >= 4 is 10.9 Å². The number of nitrogens with one attached hydrogen (secondary N) is 1. The van der Waals surface area contributed by atoms with E-state index >= 15 is 0 Å². The summed E-state index contributed by atoms with van der Waals surface area (Å²) in [6, 6.07) is 10.5. The van der Waals surface area contributed by atoms with E-state index in [1.165, 1.54) is 23.8 Å². The molecule has 3 rings (SSSR count). The normalized spacial score (nSPS) is 15.5. The minimum atomic E-state index is 0.933. The Morgan fingerprint density at radius 2 is 2.06 bits per heavy atom. The van der Waals surface area contributed by atoms with Gasteiger partial charge in [0.2, 0.25) is 0 Å². The van der Waals surface area contributed by atoms with E-state index in [1.54, 1.807) is 0 Å². The van der Waals surface area contributed by atoms with E-state index in [-0.39, 0.29) is 0 Å². The van der Waals surface area contributed by atoms with Crippen molar-refractivity contribution in [2.45, 2.75) is 19.4 Å². The van der Waals surface area contributed by atoms with Gasteiger partial charge in [0.25, 0.3) is 0 Å². The quantitative estimate of drug-likeness (QED) is 0.843. The van der Waals surface area contributed by atoms with Crippen molar-refractivity contribution in [3.63, 3.8) is 0 Å². The highest BCUT2D eigenvalue weighted by Crippen LogP contribution is 2.27. The van der Waals surface area contributed by atoms with Gasteiger partial charge in [0.05, 0.1) is 5.52 Å². The molecule has 1 aromatic heterocycles. The number of hydrogen-bond donors (Lipinski definition) is 1. The molecule has 0 saturated heterocycles.